The van der Waals surface area contributed by atoms with Gasteiger partial charge in [-0.25, -0.2) is 9.36 Å². The summed E-state index contributed by atoms with van der Waals surface area (Å²) in [6, 6.07) is 29.7. The molecule has 0 bridgehead atoms. The van der Waals surface area contributed by atoms with Gasteiger partial charge in [-0.05, 0) is 49.2 Å². The Kier molecular flexibility index (Phi) is 11.7. The number of rotatable bonds is 14. The summed E-state index contributed by atoms with van der Waals surface area (Å²) in [5.74, 6) is -2.47. The van der Waals surface area contributed by atoms with Crippen LogP contribution in [0.5, 0.6) is 11.5 Å². The highest BCUT2D eigenvalue weighted by molar-refractivity contribution is 7.55. The molecule has 0 aliphatic rings. The number of nitrogens with one attached hydrogen (secondary N) is 4. The third-order valence-corrected chi connectivity index (χ3v) is 8.77. The highest BCUT2D eigenvalue weighted by Crippen LogP contribution is 2.59. The molecule has 0 aromatic heterocycles. The number of alkyl carbamates (subject to hydrolysis) is 1. The molecule has 3 amide bonds. The van der Waals surface area contributed by atoms with Crippen molar-refractivity contribution in [2.24, 2.45) is 5.73 Å². The monoisotopic (exact) mass is 657 g/mol. The Morgan fingerprint density at radius 1 is 0.702 bits per heavy atom. The molecule has 0 spiro atoms. The van der Waals surface area contributed by atoms with Crippen molar-refractivity contribution in [1.82, 2.24) is 16.0 Å². The van der Waals surface area contributed by atoms with Crippen molar-refractivity contribution in [3.8, 4) is 11.5 Å². The lowest BCUT2D eigenvalue weighted by atomic mass is 10.1. The van der Waals surface area contributed by atoms with Crippen LogP contribution in [-0.4, -0.2) is 35.8 Å². The molecule has 0 fully saturated rings. The summed E-state index contributed by atoms with van der Waals surface area (Å²) in [4.78, 5) is 38.7. The Hall–Kier alpha value is -5.61. The van der Waals surface area contributed by atoms with Gasteiger partial charge >= 0.3 is 13.7 Å². The molecule has 244 valence electrons. The van der Waals surface area contributed by atoms with Gasteiger partial charge < -0.3 is 35.5 Å². The average Bonchev–Trinajstić information content (AvgIpc) is 3.07. The number of benzene rings is 4. The van der Waals surface area contributed by atoms with Crippen molar-refractivity contribution < 1.29 is 32.7 Å². The minimum absolute atomic E-state index is 0.0186. The Morgan fingerprint density at radius 2 is 1.17 bits per heavy atom. The molecule has 4 aromatic carbocycles. The molecule has 4 rings (SSSR count). The SMILES string of the molecule is C[C@H](NC(=O)OCc1ccccc1)C(=O)N[C@@H](C)C(=O)NC(c1ccc(C(=N)N)cc1)P(=O)(Oc1ccccc1)Oc1ccccc1. The fraction of sp³-hybridized carbons (Fsp3) is 0.176. The number of amides is 3. The van der Waals surface area contributed by atoms with Gasteiger partial charge in [-0.2, -0.15) is 0 Å². The second-order valence-corrected chi connectivity index (χ2v) is 12.4. The van der Waals surface area contributed by atoms with Gasteiger partial charge in [-0.15, -0.1) is 0 Å². The molecule has 13 heteroatoms. The van der Waals surface area contributed by atoms with E-state index in [1.807, 2.05) is 18.2 Å². The van der Waals surface area contributed by atoms with E-state index in [2.05, 4.69) is 16.0 Å². The maximum atomic E-state index is 14.8. The first-order chi connectivity index (χ1) is 22.5. The van der Waals surface area contributed by atoms with Gasteiger partial charge in [0, 0.05) is 5.56 Å². The lowest BCUT2D eigenvalue weighted by Gasteiger charge is -2.29. The average molecular weight is 658 g/mol. The third kappa shape index (κ3) is 9.94. The number of amidine groups is 1. The number of carbonyl (C=O) groups excluding carboxylic acids is 3. The van der Waals surface area contributed by atoms with Crippen molar-refractivity contribution in [3.05, 3.63) is 132 Å². The molecule has 0 aliphatic carbocycles. The number of carbonyl (C=O) groups is 3. The number of hydrogen-bond donors (Lipinski definition) is 5. The predicted molar refractivity (Wildman–Crippen MR) is 177 cm³/mol. The molecule has 0 heterocycles. The van der Waals surface area contributed by atoms with Gasteiger partial charge in [0.2, 0.25) is 11.8 Å². The van der Waals surface area contributed by atoms with Crippen LogP contribution in [0.1, 0.15) is 36.3 Å². The highest BCUT2D eigenvalue weighted by atomic mass is 31.2. The summed E-state index contributed by atoms with van der Waals surface area (Å²) < 4.78 is 31.9. The fourth-order valence-corrected chi connectivity index (χ4v) is 6.14. The van der Waals surface area contributed by atoms with E-state index < -0.39 is 43.4 Å². The number of ether oxygens (including phenoxy) is 1. The van der Waals surface area contributed by atoms with Crippen molar-refractivity contribution in [1.29, 1.82) is 5.41 Å². The maximum absolute atomic E-state index is 14.8. The van der Waals surface area contributed by atoms with E-state index in [-0.39, 0.29) is 23.9 Å². The Bertz CT molecular complexity index is 1660. The van der Waals surface area contributed by atoms with Crippen LogP contribution in [0.2, 0.25) is 0 Å². The number of para-hydroxylation sites is 2. The zero-order valence-corrected chi connectivity index (χ0v) is 26.7. The van der Waals surface area contributed by atoms with E-state index in [0.717, 1.165) is 5.56 Å². The van der Waals surface area contributed by atoms with Gasteiger partial charge in [0.25, 0.3) is 0 Å². The van der Waals surface area contributed by atoms with Crippen LogP contribution >= 0.6 is 7.60 Å². The van der Waals surface area contributed by atoms with Crippen molar-refractivity contribution in [2.45, 2.75) is 38.3 Å². The highest BCUT2D eigenvalue weighted by Gasteiger charge is 2.43. The van der Waals surface area contributed by atoms with E-state index in [9.17, 15) is 18.9 Å². The third-order valence-electron chi connectivity index (χ3n) is 6.78. The Morgan fingerprint density at radius 3 is 1.68 bits per heavy atom. The zero-order chi connectivity index (χ0) is 33.8. The number of nitrogen functional groups attached to an aromatic ring is 1. The normalized spacial score (nSPS) is 12.8. The molecule has 0 saturated heterocycles. The molecule has 1 unspecified atom stereocenters. The molecular weight excluding hydrogens is 621 g/mol. The topological polar surface area (TPSA) is 182 Å². The van der Waals surface area contributed by atoms with Crippen LogP contribution in [0.3, 0.4) is 0 Å². The number of nitrogens with two attached hydrogens (primary N) is 1. The predicted octanol–water partition coefficient (Wildman–Crippen LogP) is 5.26. The van der Waals surface area contributed by atoms with E-state index in [1.165, 1.54) is 13.8 Å². The standard InChI is InChI=1S/C34H36N5O7P/c1-23(37-31(40)24(2)38-34(42)44-22-25-12-6-3-7-13-25)32(41)39-33(27-20-18-26(19-21-27)30(35)36)47(43,45-28-14-8-4-9-15-28)46-29-16-10-5-11-17-29/h3-21,23-24,33H,22H2,1-2H3,(H3,35,36)(H,37,40)(H,38,42)(H,39,41)/t23-,24-,33?/m0/s1. The van der Waals surface area contributed by atoms with E-state index >= 15 is 0 Å². The fourth-order valence-electron chi connectivity index (χ4n) is 4.24. The summed E-state index contributed by atoms with van der Waals surface area (Å²) in [7, 11) is -4.34. The maximum Gasteiger partial charge on any atom is 0.457 e. The lowest BCUT2D eigenvalue weighted by Crippen LogP contribution is -2.52. The number of hydrogen-bond acceptors (Lipinski definition) is 8. The summed E-state index contributed by atoms with van der Waals surface area (Å²) >= 11 is 0. The summed E-state index contributed by atoms with van der Waals surface area (Å²) in [5, 5.41) is 15.4. The largest absolute Gasteiger partial charge is 0.457 e. The molecule has 6 N–H and O–H groups in total. The zero-order valence-electron chi connectivity index (χ0n) is 25.8. The molecule has 0 radical (unpaired) electrons. The first-order valence-corrected chi connectivity index (χ1v) is 16.3. The van der Waals surface area contributed by atoms with Gasteiger partial charge in [-0.1, -0.05) is 91.0 Å². The Labute approximate surface area is 272 Å². The van der Waals surface area contributed by atoms with Crippen LogP contribution in [-0.2, 0) is 25.5 Å². The summed E-state index contributed by atoms with van der Waals surface area (Å²) in [6.07, 6.45) is -0.806. The van der Waals surface area contributed by atoms with Crippen molar-refractivity contribution in [2.75, 3.05) is 0 Å². The molecular formula is C34H36N5O7P. The first-order valence-electron chi connectivity index (χ1n) is 14.7. The smallest absolute Gasteiger partial charge is 0.445 e. The van der Waals surface area contributed by atoms with E-state index in [1.54, 1.807) is 97.1 Å². The van der Waals surface area contributed by atoms with E-state index in [4.69, 9.17) is 24.9 Å². The molecule has 0 saturated carbocycles. The molecule has 3 atom stereocenters. The van der Waals surface area contributed by atoms with Gasteiger partial charge in [-0.3, -0.25) is 15.0 Å². The second kappa shape index (κ2) is 16.1. The lowest BCUT2D eigenvalue weighted by molar-refractivity contribution is -0.129. The molecule has 47 heavy (non-hydrogen) atoms. The van der Waals surface area contributed by atoms with Gasteiger partial charge in [0.1, 0.15) is 36.0 Å². The minimum Gasteiger partial charge on any atom is -0.445 e. The van der Waals surface area contributed by atoms with E-state index in [0.29, 0.717) is 11.1 Å². The first kappa shape index (κ1) is 34.3. The van der Waals surface area contributed by atoms with Crippen LogP contribution in [0, 0.1) is 5.41 Å². The Balaban J connectivity index is 1.53. The minimum atomic E-state index is -4.34. The summed E-state index contributed by atoms with van der Waals surface area (Å²) in [6.45, 7) is 2.90. The van der Waals surface area contributed by atoms with Crippen LogP contribution < -0.4 is 30.7 Å². The van der Waals surface area contributed by atoms with Crippen LogP contribution in [0.4, 0.5) is 4.79 Å². The summed E-state index contributed by atoms with van der Waals surface area (Å²) in [5.41, 5.74) is 7.14. The molecule has 0 aliphatic heterocycles. The molecule has 4 aromatic rings. The van der Waals surface area contributed by atoms with Gasteiger partial charge in [0.15, 0.2) is 5.78 Å². The molecule has 12 nitrogen and oxygen atoms in total. The van der Waals surface area contributed by atoms with Crippen molar-refractivity contribution in [3.63, 3.8) is 0 Å². The second-order valence-electron chi connectivity index (χ2n) is 10.5. The quantitative estimate of drug-likeness (QED) is 0.0692. The van der Waals surface area contributed by atoms with Crippen LogP contribution in [0.15, 0.2) is 115 Å². The van der Waals surface area contributed by atoms with Crippen molar-refractivity contribution >= 4 is 31.3 Å². The van der Waals surface area contributed by atoms with Gasteiger partial charge in [0.05, 0.1) is 0 Å². The van der Waals surface area contributed by atoms with Crippen LogP contribution in [0.25, 0.3) is 0 Å².